The highest BCUT2D eigenvalue weighted by Gasteiger charge is 2.04. The number of aromatic nitrogens is 2. The molecule has 0 saturated carbocycles. The molecule has 0 saturated heterocycles. The van der Waals surface area contributed by atoms with Gasteiger partial charge in [-0.15, -0.1) is 0 Å². The average molecular weight is 272 g/mol. The van der Waals surface area contributed by atoms with Gasteiger partial charge >= 0.3 is 0 Å². The van der Waals surface area contributed by atoms with Crippen LogP contribution in [0.3, 0.4) is 0 Å². The SMILES string of the molecule is Cn1ccnc1CC=Nc1ccccc1O[Si](C)C. The fraction of sp³-hybridized carbons (Fsp3) is 0.286. The summed E-state index contributed by atoms with van der Waals surface area (Å²) < 4.78 is 7.82. The lowest BCUT2D eigenvalue weighted by molar-refractivity contribution is 0.582. The van der Waals surface area contributed by atoms with Crippen LogP contribution in [0, 0.1) is 0 Å². The van der Waals surface area contributed by atoms with E-state index >= 15 is 0 Å². The topological polar surface area (TPSA) is 39.4 Å². The van der Waals surface area contributed by atoms with Crippen LogP contribution in [0.4, 0.5) is 5.69 Å². The molecule has 0 amide bonds. The highest BCUT2D eigenvalue weighted by Crippen LogP contribution is 2.26. The molecule has 0 aliphatic rings. The van der Waals surface area contributed by atoms with Crippen LogP contribution in [0.5, 0.6) is 5.75 Å². The van der Waals surface area contributed by atoms with Crippen LogP contribution >= 0.6 is 0 Å². The Kier molecular flexibility index (Phi) is 4.51. The first-order valence-corrected chi connectivity index (χ1v) is 8.63. The Balaban J connectivity index is 2.08. The van der Waals surface area contributed by atoms with Crippen LogP contribution in [0.2, 0.25) is 13.1 Å². The fourth-order valence-corrected chi connectivity index (χ4v) is 2.30. The smallest absolute Gasteiger partial charge is 0.274 e. The first-order valence-electron chi connectivity index (χ1n) is 6.22. The van der Waals surface area contributed by atoms with Crippen molar-refractivity contribution in [3.05, 3.63) is 42.5 Å². The number of imidazole rings is 1. The minimum atomic E-state index is -0.773. The molecule has 0 aliphatic carbocycles. The van der Waals surface area contributed by atoms with E-state index in [1.54, 1.807) is 6.20 Å². The Bertz CT molecular complexity index is 563. The quantitative estimate of drug-likeness (QED) is 0.620. The molecule has 5 heteroatoms. The zero-order valence-electron chi connectivity index (χ0n) is 11.5. The normalized spacial score (nSPS) is 11.4. The van der Waals surface area contributed by atoms with Gasteiger partial charge in [0.15, 0.2) is 0 Å². The van der Waals surface area contributed by atoms with E-state index in [1.807, 2.05) is 48.3 Å². The molecule has 0 atom stereocenters. The van der Waals surface area contributed by atoms with Crippen LogP contribution < -0.4 is 4.43 Å². The number of aliphatic imine (C=N–C) groups is 1. The summed E-state index contributed by atoms with van der Waals surface area (Å²) in [5.41, 5.74) is 0.878. The molecule has 0 bridgehead atoms. The number of rotatable bonds is 5. The summed E-state index contributed by atoms with van der Waals surface area (Å²) in [7, 11) is 1.21. The third kappa shape index (κ3) is 3.79. The number of aryl methyl sites for hydroxylation is 1. The predicted octanol–water partition coefficient (Wildman–Crippen LogP) is 3.00. The van der Waals surface area contributed by atoms with Gasteiger partial charge in [0.25, 0.3) is 9.04 Å². The first-order chi connectivity index (χ1) is 9.16. The van der Waals surface area contributed by atoms with Crippen molar-refractivity contribution >= 4 is 20.9 Å². The molecule has 0 aliphatic heterocycles. The van der Waals surface area contributed by atoms with E-state index in [0.717, 1.165) is 17.3 Å². The van der Waals surface area contributed by atoms with Crippen molar-refractivity contribution in [2.24, 2.45) is 12.0 Å². The molecule has 1 radical (unpaired) electrons. The largest absolute Gasteiger partial charge is 0.541 e. The van der Waals surface area contributed by atoms with Gasteiger partial charge in [-0.2, -0.15) is 0 Å². The fourth-order valence-electron chi connectivity index (χ4n) is 1.69. The van der Waals surface area contributed by atoms with Gasteiger partial charge in [-0.1, -0.05) is 12.1 Å². The van der Waals surface area contributed by atoms with E-state index in [0.29, 0.717) is 6.42 Å². The molecule has 0 N–H and O–H groups in total. The van der Waals surface area contributed by atoms with Crippen molar-refractivity contribution in [1.82, 2.24) is 9.55 Å². The van der Waals surface area contributed by atoms with Crippen molar-refractivity contribution in [3.8, 4) is 5.75 Å². The minimum absolute atomic E-state index is 0.716. The lowest BCUT2D eigenvalue weighted by Crippen LogP contribution is -2.11. The zero-order valence-corrected chi connectivity index (χ0v) is 12.5. The number of hydrogen-bond donors (Lipinski definition) is 0. The highest BCUT2D eigenvalue weighted by molar-refractivity contribution is 6.49. The average Bonchev–Trinajstić information content (AvgIpc) is 2.77. The molecule has 1 aromatic heterocycles. The van der Waals surface area contributed by atoms with E-state index in [4.69, 9.17) is 4.43 Å². The lowest BCUT2D eigenvalue weighted by atomic mass is 10.3. The molecule has 2 rings (SSSR count). The first kappa shape index (κ1) is 13.5. The summed E-state index contributed by atoms with van der Waals surface area (Å²) in [6.07, 6.45) is 6.32. The van der Waals surface area contributed by atoms with Gasteiger partial charge in [-0.05, 0) is 25.2 Å². The summed E-state index contributed by atoms with van der Waals surface area (Å²) in [5, 5.41) is 0. The Morgan fingerprint density at radius 2 is 2.16 bits per heavy atom. The van der Waals surface area contributed by atoms with Crippen LogP contribution in [0.25, 0.3) is 0 Å². The van der Waals surface area contributed by atoms with Gasteiger partial charge in [0.2, 0.25) is 0 Å². The van der Waals surface area contributed by atoms with E-state index in [2.05, 4.69) is 23.1 Å². The second-order valence-corrected chi connectivity index (χ2v) is 6.47. The molecule has 0 spiro atoms. The van der Waals surface area contributed by atoms with E-state index in [1.165, 1.54) is 0 Å². The number of nitrogens with zero attached hydrogens (tertiary/aromatic N) is 3. The molecule has 4 nitrogen and oxygen atoms in total. The Hall–Kier alpha value is -1.88. The van der Waals surface area contributed by atoms with Gasteiger partial charge in [-0.3, -0.25) is 4.99 Å². The molecule has 0 unspecified atom stereocenters. The van der Waals surface area contributed by atoms with Crippen molar-refractivity contribution in [1.29, 1.82) is 0 Å². The molecule has 99 valence electrons. The zero-order chi connectivity index (χ0) is 13.7. The molecular weight excluding hydrogens is 254 g/mol. The maximum atomic E-state index is 5.82. The van der Waals surface area contributed by atoms with Crippen LogP contribution in [-0.2, 0) is 13.5 Å². The maximum Gasteiger partial charge on any atom is 0.274 e. The van der Waals surface area contributed by atoms with E-state index in [-0.39, 0.29) is 0 Å². The third-order valence-corrected chi connectivity index (χ3v) is 3.23. The summed E-state index contributed by atoms with van der Waals surface area (Å²) >= 11 is 0. The Labute approximate surface area is 115 Å². The van der Waals surface area contributed by atoms with Gasteiger partial charge in [0.1, 0.15) is 17.3 Å². The minimum Gasteiger partial charge on any atom is -0.541 e. The van der Waals surface area contributed by atoms with E-state index in [9.17, 15) is 0 Å². The predicted molar refractivity (Wildman–Crippen MR) is 79.6 cm³/mol. The highest BCUT2D eigenvalue weighted by atomic mass is 28.3. The van der Waals surface area contributed by atoms with Crippen molar-refractivity contribution in [2.75, 3.05) is 0 Å². The van der Waals surface area contributed by atoms with Gasteiger partial charge in [0, 0.05) is 32.1 Å². The van der Waals surface area contributed by atoms with Gasteiger partial charge < -0.3 is 8.99 Å². The van der Waals surface area contributed by atoms with Gasteiger partial charge in [0.05, 0.1) is 0 Å². The second-order valence-electron chi connectivity index (χ2n) is 4.45. The van der Waals surface area contributed by atoms with Crippen molar-refractivity contribution in [2.45, 2.75) is 19.5 Å². The summed E-state index contributed by atoms with van der Waals surface area (Å²) in [6.45, 7) is 4.22. The van der Waals surface area contributed by atoms with Crippen LogP contribution in [-0.4, -0.2) is 24.8 Å². The monoisotopic (exact) mass is 272 g/mol. The summed E-state index contributed by atoms with van der Waals surface area (Å²) in [5.74, 6) is 1.86. The summed E-state index contributed by atoms with van der Waals surface area (Å²) in [6, 6.07) is 7.87. The molecule has 0 fully saturated rings. The number of benzene rings is 1. The molecular formula is C14H18N3OSi. The molecule has 1 heterocycles. The second kappa shape index (κ2) is 6.33. The molecule has 1 aromatic carbocycles. The Morgan fingerprint density at radius 3 is 2.84 bits per heavy atom. The number of hydrogen-bond acceptors (Lipinski definition) is 3. The van der Waals surface area contributed by atoms with Gasteiger partial charge in [-0.25, -0.2) is 4.98 Å². The molecule has 19 heavy (non-hydrogen) atoms. The lowest BCUT2D eigenvalue weighted by Gasteiger charge is -2.10. The van der Waals surface area contributed by atoms with Crippen LogP contribution in [0.15, 0.2) is 41.7 Å². The third-order valence-electron chi connectivity index (χ3n) is 2.60. The van der Waals surface area contributed by atoms with Crippen molar-refractivity contribution < 1.29 is 4.43 Å². The standard InChI is InChI=1S/C14H18N3OSi/c1-17-11-10-16-14(17)8-9-15-12-6-4-5-7-13(12)18-19(2)3/h4-7,9-11H,8H2,1-3H3. The number of para-hydroxylation sites is 2. The Morgan fingerprint density at radius 1 is 1.37 bits per heavy atom. The van der Waals surface area contributed by atoms with Crippen LogP contribution in [0.1, 0.15) is 5.82 Å². The van der Waals surface area contributed by atoms with E-state index < -0.39 is 9.04 Å². The molecule has 2 aromatic rings. The maximum absolute atomic E-state index is 5.82. The van der Waals surface area contributed by atoms with Crippen molar-refractivity contribution in [3.63, 3.8) is 0 Å². The summed E-state index contributed by atoms with van der Waals surface area (Å²) in [4.78, 5) is 8.75.